The van der Waals surface area contributed by atoms with Crippen LogP contribution >= 0.6 is 0 Å². The molecule has 0 aliphatic rings. The lowest BCUT2D eigenvalue weighted by Crippen LogP contribution is -2.29. The third kappa shape index (κ3) is 2.78. The summed E-state index contributed by atoms with van der Waals surface area (Å²) in [5.41, 5.74) is 1.98. The van der Waals surface area contributed by atoms with E-state index >= 15 is 0 Å². The SMILES string of the molecule is CC(=O)c1ccccc1C(O)(O)c1c(-c2ccccc2O)[nH]c2ccccc12. The van der Waals surface area contributed by atoms with Gasteiger partial charge in [-0.05, 0) is 25.1 Å². The van der Waals surface area contributed by atoms with Crippen molar-refractivity contribution < 1.29 is 20.1 Å². The van der Waals surface area contributed by atoms with E-state index in [9.17, 15) is 20.1 Å². The van der Waals surface area contributed by atoms with Crippen LogP contribution < -0.4 is 0 Å². The molecule has 3 aromatic carbocycles. The Labute approximate surface area is 161 Å². The summed E-state index contributed by atoms with van der Waals surface area (Å²) in [6.45, 7) is 1.38. The number of fused-ring (bicyclic) bond motifs is 1. The Morgan fingerprint density at radius 3 is 2.29 bits per heavy atom. The number of carbonyl (C=O) groups is 1. The number of benzene rings is 3. The van der Waals surface area contributed by atoms with Crippen molar-refractivity contribution in [3.8, 4) is 17.0 Å². The smallest absolute Gasteiger partial charge is 0.220 e. The molecule has 140 valence electrons. The molecule has 28 heavy (non-hydrogen) atoms. The summed E-state index contributed by atoms with van der Waals surface area (Å²) in [5.74, 6) is -2.72. The van der Waals surface area contributed by atoms with Gasteiger partial charge in [0.2, 0.25) is 5.79 Å². The van der Waals surface area contributed by atoms with E-state index < -0.39 is 5.79 Å². The van der Waals surface area contributed by atoms with Gasteiger partial charge in [0.1, 0.15) is 5.75 Å². The van der Waals surface area contributed by atoms with Crippen molar-refractivity contribution in [2.75, 3.05) is 0 Å². The molecule has 0 aliphatic heterocycles. The van der Waals surface area contributed by atoms with Gasteiger partial charge in [-0.25, -0.2) is 0 Å². The fourth-order valence-corrected chi connectivity index (χ4v) is 3.62. The van der Waals surface area contributed by atoms with E-state index in [0.717, 1.165) is 0 Å². The zero-order valence-corrected chi connectivity index (χ0v) is 15.2. The maximum atomic E-state index is 12.1. The number of H-pyrrole nitrogens is 1. The van der Waals surface area contributed by atoms with Gasteiger partial charge in [0, 0.05) is 33.2 Å². The number of carbonyl (C=O) groups excluding carboxylic acids is 1. The second kappa shape index (κ2) is 6.64. The predicted octanol–water partition coefficient (Wildman–Crippen LogP) is 3.93. The fourth-order valence-electron chi connectivity index (χ4n) is 3.62. The topological polar surface area (TPSA) is 93.6 Å². The Bertz CT molecular complexity index is 1190. The van der Waals surface area contributed by atoms with Crippen LogP contribution in [0.4, 0.5) is 0 Å². The van der Waals surface area contributed by atoms with E-state index in [0.29, 0.717) is 22.2 Å². The highest BCUT2D eigenvalue weighted by atomic mass is 16.5. The average Bonchev–Trinajstić information content (AvgIpc) is 3.08. The zero-order valence-electron chi connectivity index (χ0n) is 15.2. The third-order valence-electron chi connectivity index (χ3n) is 4.91. The molecule has 4 aromatic rings. The molecule has 1 heterocycles. The van der Waals surface area contributed by atoms with Gasteiger partial charge in [-0.1, -0.05) is 54.6 Å². The molecule has 4 N–H and O–H groups in total. The molecule has 0 bridgehead atoms. The lowest BCUT2D eigenvalue weighted by molar-refractivity contribution is -0.130. The predicted molar refractivity (Wildman–Crippen MR) is 107 cm³/mol. The molecule has 0 unspecified atom stereocenters. The Morgan fingerprint density at radius 1 is 0.893 bits per heavy atom. The summed E-state index contributed by atoms with van der Waals surface area (Å²) in [7, 11) is 0. The number of ketones is 1. The number of Topliss-reactive ketones (excluding diaryl/α,β-unsaturated/α-hetero) is 1. The monoisotopic (exact) mass is 373 g/mol. The van der Waals surface area contributed by atoms with Crippen LogP contribution in [0.15, 0.2) is 72.8 Å². The van der Waals surface area contributed by atoms with Gasteiger partial charge in [-0.2, -0.15) is 0 Å². The van der Waals surface area contributed by atoms with Crippen molar-refractivity contribution in [1.82, 2.24) is 4.98 Å². The first-order valence-electron chi connectivity index (χ1n) is 8.86. The minimum Gasteiger partial charge on any atom is -0.507 e. The number of aromatic hydroxyl groups is 1. The minimum atomic E-state index is -2.46. The summed E-state index contributed by atoms with van der Waals surface area (Å²) in [6.07, 6.45) is 0. The molecule has 0 fully saturated rings. The lowest BCUT2D eigenvalue weighted by atomic mass is 9.88. The Balaban J connectivity index is 2.07. The van der Waals surface area contributed by atoms with E-state index in [1.165, 1.54) is 19.1 Å². The first-order chi connectivity index (χ1) is 13.4. The van der Waals surface area contributed by atoms with Crippen molar-refractivity contribution in [1.29, 1.82) is 0 Å². The van der Waals surface area contributed by atoms with Crippen LogP contribution in [0.5, 0.6) is 5.75 Å². The van der Waals surface area contributed by atoms with Gasteiger partial charge in [0.25, 0.3) is 0 Å². The van der Waals surface area contributed by atoms with E-state index in [1.54, 1.807) is 48.5 Å². The largest absolute Gasteiger partial charge is 0.507 e. The van der Waals surface area contributed by atoms with E-state index in [1.807, 2.05) is 12.1 Å². The molecular weight excluding hydrogens is 354 g/mol. The van der Waals surface area contributed by atoms with Crippen LogP contribution in [0.2, 0.25) is 0 Å². The maximum Gasteiger partial charge on any atom is 0.220 e. The standard InChI is InChI=1S/C23H19NO4/c1-14(25)15-8-2-5-11-18(15)23(27,28)21-16-9-3-6-12-19(16)24-22(21)17-10-4-7-13-20(17)26/h2-13,24,26-28H,1H3. The molecular formula is C23H19NO4. The highest BCUT2D eigenvalue weighted by Crippen LogP contribution is 2.42. The quantitative estimate of drug-likeness (QED) is 0.322. The summed E-state index contributed by atoms with van der Waals surface area (Å²) >= 11 is 0. The number of hydrogen-bond acceptors (Lipinski definition) is 4. The zero-order chi connectivity index (χ0) is 19.9. The summed E-state index contributed by atoms with van der Waals surface area (Å²) < 4.78 is 0. The normalized spacial score (nSPS) is 11.7. The van der Waals surface area contributed by atoms with Gasteiger partial charge >= 0.3 is 0 Å². The highest BCUT2D eigenvalue weighted by Gasteiger charge is 2.37. The molecule has 4 rings (SSSR count). The van der Waals surface area contributed by atoms with Gasteiger partial charge in [0.15, 0.2) is 5.78 Å². The van der Waals surface area contributed by atoms with Gasteiger partial charge in [0.05, 0.1) is 5.69 Å². The molecule has 0 saturated carbocycles. The molecule has 0 atom stereocenters. The average molecular weight is 373 g/mol. The molecule has 0 aliphatic carbocycles. The number of rotatable bonds is 4. The number of para-hydroxylation sites is 2. The van der Waals surface area contributed by atoms with Crippen molar-refractivity contribution in [3.63, 3.8) is 0 Å². The van der Waals surface area contributed by atoms with E-state index in [2.05, 4.69) is 4.98 Å². The lowest BCUT2D eigenvalue weighted by Gasteiger charge is -2.26. The van der Waals surface area contributed by atoms with Crippen molar-refractivity contribution in [3.05, 3.63) is 89.5 Å². The van der Waals surface area contributed by atoms with Gasteiger partial charge < -0.3 is 20.3 Å². The third-order valence-corrected chi connectivity index (χ3v) is 4.91. The van der Waals surface area contributed by atoms with Crippen LogP contribution in [0.3, 0.4) is 0 Å². The number of hydrogen-bond donors (Lipinski definition) is 4. The second-order valence-electron chi connectivity index (χ2n) is 6.71. The number of nitrogens with one attached hydrogen (secondary N) is 1. The maximum absolute atomic E-state index is 12.1. The number of aromatic nitrogens is 1. The van der Waals surface area contributed by atoms with E-state index in [4.69, 9.17) is 0 Å². The molecule has 0 amide bonds. The van der Waals surface area contributed by atoms with Crippen LogP contribution in [0, 0.1) is 0 Å². The Hall–Kier alpha value is -3.41. The molecule has 5 heteroatoms. The first-order valence-corrected chi connectivity index (χ1v) is 8.86. The molecule has 5 nitrogen and oxygen atoms in total. The Morgan fingerprint density at radius 2 is 1.54 bits per heavy atom. The Kier molecular flexibility index (Phi) is 4.26. The highest BCUT2D eigenvalue weighted by molar-refractivity contribution is 5.97. The van der Waals surface area contributed by atoms with Crippen LogP contribution in [0.25, 0.3) is 22.2 Å². The van der Waals surface area contributed by atoms with Crippen molar-refractivity contribution in [2.45, 2.75) is 12.7 Å². The van der Waals surface area contributed by atoms with Gasteiger partial charge in [-0.3, -0.25) is 4.79 Å². The summed E-state index contributed by atoms with van der Waals surface area (Å²) in [4.78, 5) is 15.3. The van der Waals surface area contributed by atoms with Gasteiger partial charge in [-0.15, -0.1) is 0 Å². The van der Waals surface area contributed by atoms with Crippen LogP contribution in [-0.2, 0) is 5.79 Å². The van der Waals surface area contributed by atoms with Crippen LogP contribution in [-0.4, -0.2) is 26.1 Å². The number of phenols is 1. The first kappa shape index (κ1) is 18.0. The number of aromatic amines is 1. The molecule has 0 radical (unpaired) electrons. The summed E-state index contributed by atoms with van der Waals surface area (Å²) in [5, 5.41) is 33.6. The fraction of sp³-hybridized carbons (Fsp3) is 0.0870. The van der Waals surface area contributed by atoms with Crippen LogP contribution in [0.1, 0.15) is 28.4 Å². The van der Waals surface area contributed by atoms with E-state index in [-0.39, 0.29) is 28.2 Å². The molecule has 1 aromatic heterocycles. The summed E-state index contributed by atoms with van der Waals surface area (Å²) in [6, 6.07) is 20.3. The van der Waals surface area contributed by atoms with Crippen molar-refractivity contribution in [2.24, 2.45) is 0 Å². The minimum absolute atomic E-state index is 0.00552. The number of aliphatic hydroxyl groups is 2. The van der Waals surface area contributed by atoms with Crippen molar-refractivity contribution >= 4 is 16.7 Å². The second-order valence-corrected chi connectivity index (χ2v) is 6.71. The molecule has 0 saturated heterocycles. The number of phenolic OH excluding ortho intramolecular Hbond substituents is 1. The molecule has 0 spiro atoms.